The normalized spacial score (nSPS) is 10.2. The zero-order chi connectivity index (χ0) is 15.7. The van der Waals surface area contributed by atoms with E-state index in [2.05, 4.69) is 15.3 Å². The number of carbonyl (C=O) groups excluding carboxylic acids is 2. The number of aryl methyl sites for hydroxylation is 1. The summed E-state index contributed by atoms with van der Waals surface area (Å²) in [7, 11) is 0. The molecule has 1 amide bonds. The van der Waals surface area contributed by atoms with Crippen LogP contribution in [0.3, 0.4) is 0 Å². The predicted octanol–water partition coefficient (Wildman–Crippen LogP) is 0.494. The molecule has 0 aliphatic carbocycles. The number of aromatic amines is 1. The van der Waals surface area contributed by atoms with Gasteiger partial charge in [-0.2, -0.15) is 0 Å². The van der Waals surface area contributed by atoms with Gasteiger partial charge in [0.25, 0.3) is 5.56 Å². The molecule has 21 heavy (non-hydrogen) atoms. The molecule has 0 fully saturated rings. The maximum atomic E-state index is 11.6. The lowest BCUT2D eigenvalue weighted by molar-refractivity contribution is -0.143. The van der Waals surface area contributed by atoms with E-state index < -0.39 is 5.97 Å². The van der Waals surface area contributed by atoms with Gasteiger partial charge in [-0.05, 0) is 13.3 Å². The quantitative estimate of drug-likeness (QED) is 0.411. The Balaban J connectivity index is 2.45. The molecule has 1 heterocycles. The molecule has 1 aromatic heterocycles. The van der Waals surface area contributed by atoms with Gasteiger partial charge in [-0.25, -0.2) is 4.98 Å². The van der Waals surface area contributed by atoms with E-state index in [0.717, 1.165) is 18.2 Å². The minimum atomic E-state index is -0.479. The summed E-state index contributed by atoms with van der Waals surface area (Å²) in [6, 6.07) is 1.45. The fourth-order valence-electron chi connectivity index (χ4n) is 1.50. The smallest absolute Gasteiger partial charge is 0.325 e. The van der Waals surface area contributed by atoms with Gasteiger partial charge in [0.1, 0.15) is 6.54 Å². The second-order valence-electron chi connectivity index (χ2n) is 4.16. The van der Waals surface area contributed by atoms with Gasteiger partial charge in [0, 0.05) is 11.8 Å². The number of aromatic nitrogens is 2. The minimum absolute atomic E-state index is 0.0674. The molecule has 0 saturated heterocycles. The van der Waals surface area contributed by atoms with Crippen molar-refractivity contribution in [1.82, 2.24) is 15.3 Å². The SMILES string of the molecule is CCCc1cc(=O)[nH]c(SCC(=O)NCC(=O)OCC)n1. The van der Waals surface area contributed by atoms with Gasteiger partial charge >= 0.3 is 5.97 Å². The van der Waals surface area contributed by atoms with Crippen LogP contribution in [-0.4, -0.2) is 40.7 Å². The first kappa shape index (κ1) is 17.2. The van der Waals surface area contributed by atoms with Crippen molar-refractivity contribution < 1.29 is 14.3 Å². The molecule has 0 aromatic carbocycles. The second-order valence-corrected chi connectivity index (χ2v) is 5.13. The second kappa shape index (κ2) is 9.17. The van der Waals surface area contributed by atoms with E-state index in [1.54, 1.807) is 6.92 Å². The minimum Gasteiger partial charge on any atom is -0.465 e. The van der Waals surface area contributed by atoms with Crippen molar-refractivity contribution in [2.75, 3.05) is 18.9 Å². The fraction of sp³-hybridized carbons (Fsp3) is 0.538. The highest BCUT2D eigenvalue weighted by molar-refractivity contribution is 7.99. The van der Waals surface area contributed by atoms with Gasteiger partial charge in [0.15, 0.2) is 5.16 Å². The Kier molecular flexibility index (Phi) is 7.52. The summed E-state index contributed by atoms with van der Waals surface area (Å²) in [6.45, 7) is 3.81. The van der Waals surface area contributed by atoms with Gasteiger partial charge in [0.05, 0.1) is 12.4 Å². The summed E-state index contributed by atoms with van der Waals surface area (Å²) in [5.74, 6) is -0.735. The van der Waals surface area contributed by atoms with E-state index in [4.69, 9.17) is 4.74 Å². The Morgan fingerprint density at radius 3 is 2.86 bits per heavy atom. The molecule has 0 saturated carbocycles. The lowest BCUT2D eigenvalue weighted by Gasteiger charge is -2.05. The maximum Gasteiger partial charge on any atom is 0.325 e. The molecule has 7 nitrogen and oxygen atoms in total. The van der Waals surface area contributed by atoms with Crippen LogP contribution < -0.4 is 10.9 Å². The molecule has 0 aliphatic rings. The van der Waals surface area contributed by atoms with Crippen LogP contribution in [0.25, 0.3) is 0 Å². The van der Waals surface area contributed by atoms with Crippen LogP contribution in [0.5, 0.6) is 0 Å². The third-order valence-corrected chi connectivity index (χ3v) is 3.23. The number of hydrogen-bond acceptors (Lipinski definition) is 6. The molecule has 0 bridgehead atoms. The Hall–Kier alpha value is -1.83. The van der Waals surface area contributed by atoms with Crippen LogP contribution in [0.2, 0.25) is 0 Å². The van der Waals surface area contributed by atoms with Gasteiger partial charge < -0.3 is 15.0 Å². The van der Waals surface area contributed by atoms with E-state index in [0.29, 0.717) is 17.3 Å². The average molecular weight is 313 g/mol. The first-order valence-electron chi connectivity index (χ1n) is 6.70. The van der Waals surface area contributed by atoms with Crippen LogP contribution in [0, 0.1) is 0 Å². The van der Waals surface area contributed by atoms with Crippen molar-refractivity contribution in [3.05, 3.63) is 22.1 Å². The highest BCUT2D eigenvalue weighted by atomic mass is 32.2. The Morgan fingerprint density at radius 2 is 2.19 bits per heavy atom. The standard InChI is InChI=1S/C13H19N3O4S/c1-3-5-9-6-10(17)16-13(15-9)21-8-11(18)14-7-12(19)20-4-2/h6H,3-5,7-8H2,1-2H3,(H,14,18)(H,15,16,17). The summed E-state index contributed by atoms with van der Waals surface area (Å²) in [4.78, 5) is 40.9. The van der Waals surface area contributed by atoms with E-state index in [1.165, 1.54) is 6.07 Å². The highest BCUT2D eigenvalue weighted by Gasteiger charge is 2.08. The van der Waals surface area contributed by atoms with Crippen molar-refractivity contribution in [1.29, 1.82) is 0 Å². The van der Waals surface area contributed by atoms with Gasteiger partial charge in [-0.15, -0.1) is 0 Å². The van der Waals surface area contributed by atoms with E-state index in [-0.39, 0.29) is 30.4 Å². The zero-order valence-electron chi connectivity index (χ0n) is 12.1. The summed E-state index contributed by atoms with van der Waals surface area (Å²) >= 11 is 1.12. The molecular formula is C13H19N3O4S. The first-order chi connectivity index (χ1) is 10.0. The fourth-order valence-corrected chi connectivity index (χ4v) is 2.23. The summed E-state index contributed by atoms with van der Waals surface area (Å²) in [5, 5.41) is 2.84. The molecule has 2 N–H and O–H groups in total. The number of esters is 1. The largest absolute Gasteiger partial charge is 0.465 e. The van der Waals surface area contributed by atoms with Gasteiger partial charge in [0.2, 0.25) is 5.91 Å². The molecule has 0 aliphatic heterocycles. The van der Waals surface area contributed by atoms with Crippen molar-refractivity contribution in [3.8, 4) is 0 Å². The Bertz CT molecular complexity index is 544. The first-order valence-corrected chi connectivity index (χ1v) is 7.69. The molecule has 1 rings (SSSR count). The number of amides is 1. The third-order valence-electron chi connectivity index (χ3n) is 2.35. The van der Waals surface area contributed by atoms with Crippen LogP contribution >= 0.6 is 11.8 Å². The Labute approximate surface area is 126 Å². The molecule has 0 radical (unpaired) electrons. The summed E-state index contributed by atoms with van der Waals surface area (Å²) < 4.78 is 4.69. The maximum absolute atomic E-state index is 11.6. The number of nitrogens with one attached hydrogen (secondary N) is 2. The van der Waals surface area contributed by atoms with Gasteiger partial charge in [-0.3, -0.25) is 14.4 Å². The van der Waals surface area contributed by atoms with Crippen LogP contribution in [0.15, 0.2) is 16.0 Å². The number of thioether (sulfide) groups is 1. The Morgan fingerprint density at radius 1 is 1.43 bits per heavy atom. The van der Waals surface area contributed by atoms with Crippen LogP contribution in [0.1, 0.15) is 26.0 Å². The predicted molar refractivity (Wildman–Crippen MR) is 79.2 cm³/mol. The average Bonchev–Trinajstić information content (AvgIpc) is 2.43. The number of nitrogens with zero attached hydrogens (tertiary/aromatic N) is 1. The van der Waals surface area contributed by atoms with Crippen molar-refractivity contribution in [2.45, 2.75) is 31.8 Å². The molecule has 0 spiro atoms. The molecule has 116 valence electrons. The van der Waals surface area contributed by atoms with E-state index in [9.17, 15) is 14.4 Å². The molecule has 1 aromatic rings. The number of H-pyrrole nitrogens is 1. The third kappa shape index (κ3) is 6.94. The van der Waals surface area contributed by atoms with E-state index >= 15 is 0 Å². The van der Waals surface area contributed by atoms with Crippen LogP contribution in [-0.2, 0) is 20.7 Å². The van der Waals surface area contributed by atoms with Crippen molar-refractivity contribution in [3.63, 3.8) is 0 Å². The number of ether oxygens (including phenoxy) is 1. The van der Waals surface area contributed by atoms with Crippen LogP contribution in [0.4, 0.5) is 0 Å². The monoisotopic (exact) mass is 313 g/mol. The molecule has 0 unspecified atom stereocenters. The number of hydrogen-bond donors (Lipinski definition) is 2. The molecular weight excluding hydrogens is 294 g/mol. The van der Waals surface area contributed by atoms with Gasteiger partial charge in [-0.1, -0.05) is 25.1 Å². The summed E-state index contributed by atoms with van der Waals surface area (Å²) in [5.41, 5.74) is 0.471. The number of rotatable bonds is 8. The topological polar surface area (TPSA) is 101 Å². The van der Waals surface area contributed by atoms with E-state index in [1.807, 2.05) is 6.92 Å². The van der Waals surface area contributed by atoms with Crippen molar-refractivity contribution in [2.24, 2.45) is 0 Å². The number of carbonyl (C=O) groups is 2. The lowest BCUT2D eigenvalue weighted by Crippen LogP contribution is -2.31. The zero-order valence-corrected chi connectivity index (χ0v) is 12.9. The summed E-state index contributed by atoms with van der Waals surface area (Å²) in [6.07, 6.45) is 1.60. The highest BCUT2D eigenvalue weighted by Crippen LogP contribution is 2.11. The molecule has 8 heteroatoms. The van der Waals surface area contributed by atoms with Crippen molar-refractivity contribution >= 4 is 23.6 Å². The lowest BCUT2D eigenvalue weighted by atomic mass is 10.2. The molecule has 0 atom stereocenters.